The molecule has 0 aromatic heterocycles. The maximum absolute atomic E-state index is 13.9. The van der Waals surface area contributed by atoms with Crippen LogP contribution in [-0.2, 0) is 0 Å². The zero-order valence-electron chi connectivity index (χ0n) is 11.5. The number of piperazine rings is 1. The van der Waals surface area contributed by atoms with Gasteiger partial charge in [-0.25, -0.2) is 8.78 Å². The lowest BCUT2D eigenvalue weighted by atomic mass is 10.0. The van der Waals surface area contributed by atoms with Crippen LogP contribution in [0.1, 0.15) is 11.6 Å². The molecule has 3 nitrogen and oxygen atoms in total. The number of hydrogen-bond acceptors (Lipinski definition) is 3. The molecule has 1 fully saturated rings. The number of likely N-dealkylation sites (N-methyl/N-ethyl adjacent to an activating group) is 1. The lowest BCUT2D eigenvalue weighted by Crippen LogP contribution is -2.46. The molecule has 106 valence electrons. The van der Waals surface area contributed by atoms with Crippen molar-refractivity contribution in [2.75, 3.05) is 46.8 Å². The van der Waals surface area contributed by atoms with Gasteiger partial charge in [0.1, 0.15) is 11.6 Å². The second kappa shape index (κ2) is 6.41. The average Bonchev–Trinajstić information content (AvgIpc) is 2.40. The molecule has 1 aromatic carbocycles. The first kappa shape index (κ1) is 14.4. The molecule has 0 saturated carbocycles. The second-order valence-corrected chi connectivity index (χ2v) is 5.20. The molecule has 1 heterocycles. The Labute approximate surface area is 113 Å². The Morgan fingerprint density at radius 3 is 2.58 bits per heavy atom. The van der Waals surface area contributed by atoms with Crippen LogP contribution in [0.3, 0.4) is 0 Å². The number of nitrogens with zero attached hydrogens (tertiary/aromatic N) is 2. The Morgan fingerprint density at radius 2 is 1.95 bits per heavy atom. The zero-order chi connectivity index (χ0) is 13.8. The van der Waals surface area contributed by atoms with Gasteiger partial charge in [0.15, 0.2) is 0 Å². The molecule has 0 aliphatic carbocycles. The highest BCUT2D eigenvalue weighted by Gasteiger charge is 2.22. The number of rotatable bonds is 4. The van der Waals surface area contributed by atoms with E-state index in [1.165, 1.54) is 12.1 Å². The molecule has 1 unspecified atom stereocenters. The monoisotopic (exact) mass is 269 g/mol. The normalized spacial score (nSPS) is 18.8. The van der Waals surface area contributed by atoms with Crippen LogP contribution in [0, 0.1) is 11.6 Å². The van der Waals surface area contributed by atoms with Gasteiger partial charge < -0.3 is 10.2 Å². The van der Waals surface area contributed by atoms with Crippen LogP contribution in [0.25, 0.3) is 0 Å². The number of hydrogen-bond donors (Lipinski definition) is 1. The predicted octanol–water partition coefficient (Wildman–Crippen LogP) is 1.47. The Bertz CT molecular complexity index is 417. The molecule has 2 rings (SSSR count). The van der Waals surface area contributed by atoms with Gasteiger partial charge in [-0.2, -0.15) is 0 Å². The van der Waals surface area contributed by atoms with E-state index < -0.39 is 0 Å². The predicted molar refractivity (Wildman–Crippen MR) is 72.1 cm³/mol. The minimum absolute atomic E-state index is 0.131. The van der Waals surface area contributed by atoms with Crippen molar-refractivity contribution in [3.63, 3.8) is 0 Å². The van der Waals surface area contributed by atoms with Crippen molar-refractivity contribution in [1.82, 2.24) is 15.1 Å². The zero-order valence-corrected chi connectivity index (χ0v) is 11.5. The average molecular weight is 269 g/mol. The molecule has 0 spiro atoms. The first-order chi connectivity index (χ1) is 9.08. The van der Waals surface area contributed by atoms with Crippen molar-refractivity contribution in [1.29, 1.82) is 0 Å². The Balaban J connectivity index is 2.16. The fourth-order valence-electron chi connectivity index (χ4n) is 2.45. The van der Waals surface area contributed by atoms with E-state index in [2.05, 4.69) is 10.2 Å². The topological polar surface area (TPSA) is 18.5 Å². The standard InChI is InChI=1S/C14H21F2N3/c1-18(2)14(10-19-7-5-17-6-8-19)12-9-11(15)3-4-13(12)16/h3-4,9,14,17H,5-8,10H2,1-2H3. The molecule has 19 heavy (non-hydrogen) atoms. The summed E-state index contributed by atoms with van der Waals surface area (Å²) in [5.41, 5.74) is 0.434. The van der Waals surface area contributed by atoms with Crippen molar-refractivity contribution in [3.8, 4) is 0 Å². The first-order valence-electron chi connectivity index (χ1n) is 6.62. The molecular formula is C14H21F2N3. The fourth-order valence-corrected chi connectivity index (χ4v) is 2.45. The van der Waals surface area contributed by atoms with E-state index in [4.69, 9.17) is 0 Å². The number of halogens is 2. The molecule has 1 saturated heterocycles. The van der Waals surface area contributed by atoms with Crippen LogP contribution in [0.15, 0.2) is 18.2 Å². The Kier molecular flexibility index (Phi) is 4.85. The van der Waals surface area contributed by atoms with Crippen LogP contribution in [0.5, 0.6) is 0 Å². The third-order valence-electron chi connectivity index (χ3n) is 3.58. The van der Waals surface area contributed by atoms with Gasteiger partial charge in [-0.15, -0.1) is 0 Å². The van der Waals surface area contributed by atoms with Gasteiger partial charge in [-0.3, -0.25) is 4.90 Å². The van der Waals surface area contributed by atoms with Crippen LogP contribution < -0.4 is 5.32 Å². The summed E-state index contributed by atoms with van der Waals surface area (Å²) in [5, 5.41) is 3.29. The van der Waals surface area contributed by atoms with Crippen molar-refractivity contribution >= 4 is 0 Å². The minimum Gasteiger partial charge on any atom is -0.314 e. The van der Waals surface area contributed by atoms with Crippen molar-refractivity contribution < 1.29 is 8.78 Å². The fraction of sp³-hybridized carbons (Fsp3) is 0.571. The molecule has 5 heteroatoms. The van der Waals surface area contributed by atoms with Gasteiger partial charge in [0, 0.05) is 44.3 Å². The van der Waals surface area contributed by atoms with Crippen LogP contribution in [0.2, 0.25) is 0 Å². The molecule has 0 radical (unpaired) electrons. The summed E-state index contributed by atoms with van der Waals surface area (Å²) in [6.45, 7) is 4.51. The maximum atomic E-state index is 13.9. The van der Waals surface area contributed by atoms with Crippen LogP contribution in [0.4, 0.5) is 8.78 Å². The van der Waals surface area contributed by atoms with Gasteiger partial charge in [-0.05, 0) is 32.3 Å². The van der Waals surface area contributed by atoms with Crippen molar-refractivity contribution in [2.24, 2.45) is 0 Å². The van der Waals surface area contributed by atoms with E-state index in [0.29, 0.717) is 5.56 Å². The molecule has 0 amide bonds. The summed E-state index contributed by atoms with van der Waals surface area (Å²) in [4.78, 5) is 4.23. The van der Waals surface area contributed by atoms with Crippen LogP contribution in [-0.4, -0.2) is 56.6 Å². The van der Waals surface area contributed by atoms with E-state index in [-0.39, 0.29) is 17.7 Å². The highest BCUT2D eigenvalue weighted by molar-refractivity contribution is 5.22. The van der Waals surface area contributed by atoms with E-state index >= 15 is 0 Å². The van der Waals surface area contributed by atoms with Crippen molar-refractivity contribution in [3.05, 3.63) is 35.4 Å². The van der Waals surface area contributed by atoms with Gasteiger partial charge in [0.05, 0.1) is 0 Å². The SMILES string of the molecule is CN(C)C(CN1CCNCC1)c1cc(F)ccc1F. The van der Waals surface area contributed by atoms with E-state index in [1.807, 2.05) is 19.0 Å². The molecule has 1 aromatic rings. The van der Waals surface area contributed by atoms with E-state index in [0.717, 1.165) is 38.8 Å². The van der Waals surface area contributed by atoms with Gasteiger partial charge in [-0.1, -0.05) is 0 Å². The molecule has 1 N–H and O–H groups in total. The summed E-state index contributed by atoms with van der Waals surface area (Å²) in [7, 11) is 3.80. The summed E-state index contributed by atoms with van der Waals surface area (Å²) in [6, 6.07) is 3.55. The minimum atomic E-state index is -0.386. The van der Waals surface area contributed by atoms with Gasteiger partial charge in [0.25, 0.3) is 0 Å². The molecular weight excluding hydrogens is 248 g/mol. The molecule has 1 aliphatic rings. The van der Waals surface area contributed by atoms with Crippen molar-refractivity contribution in [2.45, 2.75) is 6.04 Å². The quantitative estimate of drug-likeness (QED) is 0.893. The lowest BCUT2D eigenvalue weighted by Gasteiger charge is -2.34. The lowest BCUT2D eigenvalue weighted by molar-refractivity contribution is 0.166. The van der Waals surface area contributed by atoms with Crippen LogP contribution >= 0.6 is 0 Å². The molecule has 1 atom stereocenters. The number of nitrogens with one attached hydrogen (secondary N) is 1. The summed E-state index contributed by atoms with van der Waals surface area (Å²) in [6.07, 6.45) is 0. The summed E-state index contributed by atoms with van der Waals surface area (Å²) >= 11 is 0. The molecule has 0 bridgehead atoms. The highest BCUT2D eigenvalue weighted by atomic mass is 19.1. The molecule has 1 aliphatic heterocycles. The van der Waals surface area contributed by atoms with E-state index in [9.17, 15) is 8.78 Å². The third-order valence-corrected chi connectivity index (χ3v) is 3.58. The van der Waals surface area contributed by atoms with Gasteiger partial charge >= 0.3 is 0 Å². The highest BCUT2D eigenvalue weighted by Crippen LogP contribution is 2.23. The maximum Gasteiger partial charge on any atom is 0.128 e. The Morgan fingerprint density at radius 1 is 1.26 bits per heavy atom. The second-order valence-electron chi connectivity index (χ2n) is 5.20. The number of benzene rings is 1. The third kappa shape index (κ3) is 3.72. The Hall–Kier alpha value is -1.04. The largest absolute Gasteiger partial charge is 0.314 e. The summed E-state index contributed by atoms with van der Waals surface area (Å²) < 4.78 is 27.3. The summed E-state index contributed by atoms with van der Waals surface area (Å²) in [5.74, 6) is -0.723. The smallest absolute Gasteiger partial charge is 0.128 e. The first-order valence-corrected chi connectivity index (χ1v) is 6.62. The van der Waals surface area contributed by atoms with E-state index in [1.54, 1.807) is 0 Å². The van der Waals surface area contributed by atoms with Gasteiger partial charge in [0.2, 0.25) is 0 Å².